The Hall–Kier alpha value is -4.39. The Labute approximate surface area is 192 Å². The SMILES string of the molecule is Cc1cccc(NC(=O)Nc2cccc(CNC(=O)c3ccc(Cn4ccnc4)cc3)c2)c1. The number of carbonyl (C=O) groups excluding carboxylic acids is 2. The fraction of sp³-hybridized carbons (Fsp3) is 0.115. The number of carbonyl (C=O) groups is 2. The van der Waals surface area contributed by atoms with Crippen molar-refractivity contribution in [2.24, 2.45) is 0 Å². The lowest BCUT2D eigenvalue weighted by Crippen LogP contribution is -2.23. The van der Waals surface area contributed by atoms with Crippen LogP contribution in [0.5, 0.6) is 0 Å². The zero-order valence-electron chi connectivity index (χ0n) is 18.3. The Morgan fingerprint density at radius 3 is 2.30 bits per heavy atom. The minimum absolute atomic E-state index is 0.153. The highest BCUT2D eigenvalue weighted by atomic mass is 16.2. The number of aromatic nitrogens is 2. The van der Waals surface area contributed by atoms with Gasteiger partial charge < -0.3 is 20.5 Å². The van der Waals surface area contributed by atoms with Gasteiger partial charge in [-0.25, -0.2) is 9.78 Å². The van der Waals surface area contributed by atoms with Crippen molar-refractivity contribution in [1.29, 1.82) is 0 Å². The summed E-state index contributed by atoms with van der Waals surface area (Å²) >= 11 is 0. The molecule has 1 heterocycles. The van der Waals surface area contributed by atoms with Gasteiger partial charge in [0.15, 0.2) is 0 Å². The van der Waals surface area contributed by atoms with E-state index < -0.39 is 0 Å². The second-order valence-electron chi connectivity index (χ2n) is 7.76. The van der Waals surface area contributed by atoms with E-state index in [9.17, 15) is 9.59 Å². The first kappa shape index (κ1) is 21.8. The molecule has 1 aromatic heterocycles. The summed E-state index contributed by atoms with van der Waals surface area (Å²) in [6.45, 7) is 3.03. The molecule has 0 saturated carbocycles. The zero-order valence-corrected chi connectivity index (χ0v) is 18.3. The standard InChI is InChI=1S/C26H25N5O2/c1-19-4-2-6-23(14-19)29-26(33)30-24-7-3-5-21(15-24)16-28-25(32)22-10-8-20(9-11-22)17-31-13-12-27-18-31/h2-15,18H,16-17H2,1H3,(H,28,32)(H2,29,30,33). The fourth-order valence-electron chi connectivity index (χ4n) is 3.41. The van der Waals surface area contributed by atoms with Crippen molar-refractivity contribution >= 4 is 23.3 Å². The van der Waals surface area contributed by atoms with Gasteiger partial charge in [0.1, 0.15) is 0 Å². The van der Waals surface area contributed by atoms with Crippen molar-refractivity contribution in [3.63, 3.8) is 0 Å². The topological polar surface area (TPSA) is 88.0 Å². The predicted molar refractivity (Wildman–Crippen MR) is 129 cm³/mol. The maximum absolute atomic E-state index is 12.5. The van der Waals surface area contributed by atoms with E-state index in [1.165, 1.54) is 0 Å². The summed E-state index contributed by atoms with van der Waals surface area (Å²) in [6, 6.07) is 22.2. The summed E-state index contributed by atoms with van der Waals surface area (Å²) in [7, 11) is 0. The number of rotatable bonds is 7. The number of amides is 3. The van der Waals surface area contributed by atoms with Gasteiger partial charge >= 0.3 is 6.03 Å². The normalized spacial score (nSPS) is 10.5. The molecule has 0 aliphatic rings. The van der Waals surface area contributed by atoms with Crippen LogP contribution in [0.25, 0.3) is 0 Å². The third-order valence-electron chi connectivity index (χ3n) is 5.05. The average molecular weight is 440 g/mol. The third kappa shape index (κ3) is 6.30. The first-order valence-corrected chi connectivity index (χ1v) is 10.6. The summed E-state index contributed by atoms with van der Waals surface area (Å²) in [5, 5.41) is 8.56. The van der Waals surface area contributed by atoms with Crippen molar-refractivity contribution in [3.8, 4) is 0 Å². The lowest BCUT2D eigenvalue weighted by atomic mass is 10.1. The van der Waals surface area contributed by atoms with E-state index in [0.29, 0.717) is 24.3 Å². The summed E-state index contributed by atoms with van der Waals surface area (Å²) in [5.41, 5.74) is 5.01. The monoisotopic (exact) mass is 439 g/mol. The zero-order chi connectivity index (χ0) is 23.0. The average Bonchev–Trinajstić information content (AvgIpc) is 3.31. The van der Waals surface area contributed by atoms with Crippen molar-refractivity contribution in [3.05, 3.63) is 114 Å². The van der Waals surface area contributed by atoms with Crippen molar-refractivity contribution in [2.75, 3.05) is 10.6 Å². The Morgan fingerprint density at radius 2 is 1.61 bits per heavy atom. The van der Waals surface area contributed by atoms with E-state index >= 15 is 0 Å². The maximum Gasteiger partial charge on any atom is 0.323 e. The van der Waals surface area contributed by atoms with Gasteiger partial charge in [0.25, 0.3) is 5.91 Å². The van der Waals surface area contributed by atoms with Crippen LogP contribution < -0.4 is 16.0 Å². The van der Waals surface area contributed by atoms with Gasteiger partial charge in [-0.05, 0) is 60.0 Å². The number of hydrogen-bond acceptors (Lipinski definition) is 3. The quantitative estimate of drug-likeness (QED) is 0.386. The maximum atomic E-state index is 12.5. The molecule has 3 amide bonds. The van der Waals surface area contributed by atoms with Gasteiger partial charge in [-0.15, -0.1) is 0 Å². The van der Waals surface area contributed by atoms with Crippen LogP contribution in [0.3, 0.4) is 0 Å². The summed E-state index contributed by atoms with van der Waals surface area (Å²) < 4.78 is 1.97. The minimum atomic E-state index is -0.322. The largest absolute Gasteiger partial charge is 0.348 e. The van der Waals surface area contributed by atoms with Gasteiger partial charge in [-0.3, -0.25) is 4.79 Å². The van der Waals surface area contributed by atoms with Crippen molar-refractivity contribution < 1.29 is 9.59 Å². The number of imidazole rings is 1. The Kier molecular flexibility index (Phi) is 6.80. The van der Waals surface area contributed by atoms with Gasteiger partial charge in [-0.2, -0.15) is 0 Å². The second kappa shape index (κ2) is 10.3. The number of nitrogens with one attached hydrogen (secondary N) is 3. The number of urea groups is 1. The van der Waals surface area contributed by atoms with Gasteiger partial charge in [0.05, 0.1) is 6.33 Å². The van der Waals surface area contributed by atoms with E-state index in [4.69, 9.17) is 0 Å². The highest BCUT2D eigenvalue weighted by Gasteiger charge is 2.07. The molecular formula is C26H25N5O2. The number of benzene rings is 3. The molecule has 0 spiro atoms. The smallest absolute Gasteiger partial charge is 0.323 e. The van der Waals surface area contributed by atoms with Crippen LogP contribution in [0.2, 0.25) is 0 Å². The van der Waals surface area contributed by atoms with E-state index in [2.05, 4.69) is 20.9 Å². The molecule has 3 aromatic carbocycles. The van der Waals surface area contributed by atoms with Gasteiger partial charge in [0.2, 0.25) is 0 Å². The summed E-state index contributed by atoms with van der Waals surface area (Å²) in [6.07, 6.45) is 5.40. The van der Waals surface area contributed by atoms with Crippen LogP contribution in [0, 0.1) is 6.92 Å². The Balaban J connectivity index is 1.30. The van der Waals surface area contributed by atoms with Crippen molar-refractivity contribution in [1.82, 2.24) is 14.9 Å². The second-order valence-corrected chi connectivity index (χ2v) is 7.76. The molecular weight excluding hydrogens is 414 g/mol. The van der Waals surface area contributed by atoms with E-state index in [0.717, 1.165) is 22.4 Å². The van der Waals surface area contributed by atoms with Crippen LogP contribution in [0.4, 0.5) is 16.2 Å². The Bertz CT molecular complexity index is 1230. The number of nitrogens with zero attached hydrogens (tertiary/aromatic N) is 2. The molecule has 166 valence electrons. The molecule has 4 aromatic rings. The molecule has 7 nitrogen and oxygen atoms in total. The Morgan fingerprint density at radius 1 is 0.879 bits per heavy atom. The fourth-order valence-corrected chi connectivity index (χ4v) is 3.41. The highest BCUT2D eigenvalue weighted by molar-refractivity contribution is 5.99. The van der Waals surface area contributed by atoms with Crippen LogP contribution in [-0.4, -0.2) is 21.5 Å². The molecule has 7 heteroatoms. The molecule has 0 saturated heterocycles. The van der Waals surface area contributed by atoms with Gasteiger partial charge in [-0.1, -0.05) is 36.4 Å². The molecule has 3 N–H and O–H groups in total. The summed E-state index contributed by atoms with van der Waals surface area (Å²) in [4.78, 5) is 28.9. The summed E-state index contributed by atoms with van der Waals surface area (Å²) in [5.74, 6) is -0.153. The molecule has 0 atom stereocenters. The highest BCUT2D eigenvalue weighted by Crippen LogP contribution is 2.14. The molecule has 4 rings (SSSR count). The minimum Gasteiger partial charge on any atom is -0.348 e. The number of anilines is 2. The van der Waals surface area contributed by atoms with E-state index in [-0.39, 0.29) is 11.9 Å². The molecule has 0 fully saturated rings. The van der Waals surface area contributed by atoms with Crippen LogP contribution >= 0.6 is 0 Å². The first-order valence-electron chi connectivity index (χ1n) is 10.6. The van der Waals surface area contributed by atoms with E-state index in [1.807, 2.05) is 84.4 Å². The van der Waals surface area contributed by atoms with Crippen LogP contribution in [0.15, 0.2) is 91.5 Å². The van der Waals surface area contributed by atoms with E-state index in [1.54, 1.807) is 18.6 Å². The molecule has 0 aliphatic heterocycles. The molecule has 33 heavy (non-hydrogen) atoms. The molecule has 0 radical (unpaired) electrons. The molecule has 0 unspecified atom stereocenters. The lowest BCUT2D eigenvalue weighted by Gasteiger charge is -2.10. The van der Waals surface area contributed by atoms with Gasteiger partial charge in [0, 0.05) is 42.4 Å². The lowest BCUT2D eigenvalue weighted by molar-refractivity contribution is 0.0951. The predicted octanol–water partition coefficient (Wildman–Crippen LogP) is 4.81. The molecule has 0 aliphatic carbocycles. The van der Waals surface area contributed by atoms with Crippen LogP contribution in [0.1, 0.15) is 27.0 Å². The first-order chi connectivity index (χ1) is 16.0. The third-order valence-corrected chi connectivity index (χ3v) is 5.05. The number of aryl methyl sites for hydroxylation is 1. The number of hydrogen-bond donors (Lipinski definition) is 3. The van der Waals surface area contributed by atoms with Crippen molar-refractivity contribution in [2.45, 2.75) is 20.0 Å². The van der Waals surface area contributed by atoms with Crippen LogP contribution in [-0.2, 0) is 13.1 Å². The molecule has 0 bridgehead atoms.